The average molecular weight is 265 g/mol. The minimum Gasteiger partial charge on any atom is -0.330 e. The minimum absolute atomic E-state index is 0.665. The maximum absolute atomic E-state index is 5.71. The van der Waals surface area contributed by atoms with Gasteiger partial charge in [0.25, 0.3) is 0 Å². The molecule has 2 heterocycles. The van der Waals surface area contributed by atoms with Crippen molar-refractivity contribution in [3.8, 4) is 0 Å². The molecule has 0 saturated heterocycles. The summed E-state index contributed by atoms with van der Waals surface area (Å²) in [4.78, 5) is 4.53. The molecule has 2 N–H and O–H groups in total. The molecule has 3 nitrogen and oxygen atoms in total. The van der Waals surface area contributed by atoms with Crippen LogP contribution < -0.4 is 5.73 Å². The Morgan fingerprint density at radius 3 is 2.75 bits per heavy atom. The second-order valence-electron chi connectivity index (χ2n) is 5.12. The summed E-state index contributed by atoms with van der Waals surface area (Å²) in [6.07, 6.45) is 4.93. The first-order chi connectivity index (χ1) is 9.79. The van der Waals surface area contributed by atoms with E-state index in [4.69, 9.17) is 5.73 Å². The normalized spacial score (nSPS) is 11.1. The fraction of sp³-hybridized carbons (Fsp3) is 0.235. The zero-order valence-electron chi connectivity index (χ0n) is 11.7. The molecule has 0 radical (unpaired) electrons. The summed E-state index contributed by atoms with van der Waals surface area (Å²) < 4.78 is 2.22. The van der Waals surface area contributed by atoms with Crippen molar-refractivity contribution in [2.45, 2.75) is 19.9 Å². The van der Waals surface area contributed by atoms with Crippen LogP contribution in [0.5, 0.6) is 0 Å². The maximum Gasteiger partial charge on any atom is 0.140 e. The van der Waals surface area contributed by atoms with E-state index in [0.717, 1.165) is 18.6 Å². The van der Waals surface area contributed by atoms with Gasteiger partial charge in [-0.1, -0.05) is 24.3 Å². The van der Waals surface area contributed by atoms with Gasteiger partial charge in [-0.25, -0.2) is 4.98 Å². The Bertz CT molecular complexity index is 728. The first kappa shape index (κ1) is 12.9. The summed E-state index contributed by atoms with van der Waals surface area (Å²) >= 11 is 0. The predicted molar refractivity (Wildman–Crippen MR) is 82.8 cm³/mol. The largest absolute Gasteiger partial charge is 0.330 e. The number of hydrogen-bond acceptors (Lipinski definition) is 2. The number of hydrogen-bond donors (Lipinski definition) is 1. The number of aromatic nitrogens is 2. The summed E-state index contributed by atoms with van der Waals surface area (Å²) in [5, 5.41) is 1.21. The van der Waals surface area contributed by atoms with E-state index in [1.807, 2.05) is 12.3 Å². The number of nitrogens with zero attached hydrogens (tertiary/aromatic N) is 2. The van der Waals surface area contributed by atoms with Crippen LogP contribution in [-0.4, -0.2) is 16.1 Å². The molecule has 3 heteroatoms. The molecule has 0 fully saturated rings. The highest BCUT2D eigenvalue weighted by atomic mass is 15.0. The number of pyridine rings is 1. The van der Waals surface area contributed by atoms with E-state index >= 15 is 0 Å². The molecule has 3 rings (SSSR count). The Morgan fingerprint density at radius 2 is 1.95 bits per heavy atom. The van der Waals surface area contributed by atoms with Gasteiger partial charge in [0.15, 0.2) is 0 Å². The molecule has 0 aliphatic heterocycles. The minimum atomic E-state index is 0.665. The fourth-order valence-electron chi connectivity index (χ4n) is 2.64. The molecule has 1 aromatic carbocycles. The van der Waals surface area contributed by atoms with E-state index in [1.165, 1.54) is 22.1 Å². The zero-order chi connectivity index (χ0) is 13.9. The van der Waals surface area contributed by atoms with Crippen molar-refractivity contribution >= 4 is 11.0 Å². The number of rotatable bonds is 4. The lowest BCUT2D eigenvalue weighted by molar-refractivity contribution is 0.812. The van der Waals surface area contributed by atoms with Crippen molar-refractivity contribution in [1.82, 2.24) is 9.55 Å². The molecule has 102 valence electrons. The van der Waals surface area contributed by atoms with Crippen LogP contribution in [-0.2, 0) is 13.0 Å². The molecule has 0 spiro atoms. The van der Waals surface area contributed by atoms with E-state index < -0.39 is 0 Å². The maximum atomic E-state index is 5.71. The Balaban J connectivity index is 2.05. The average Bonchev–Trinajstić information content (AvgIpc) is 2.81. The lowest BCUT2D eigenvalue weighted by Crippen LogP contribution is -2.02. The lowest BCUT2D eigenvalue weighted by Gasteiger charge is -2.07. The van der Waals surface area contributed by atoms with Crippen LogP contribution in [0, 0.1) is 6.92 Å². The topological polar surface area (TPSA) is 43.8 Å². The Kier molecular flexibility index (Phi) is 3.52. The van der Waals surface area contributed by atoms with Gasteiger partial charge >= 0.3 is 0 Å². The van der Waals surface area contributed by atoms with Crippen LogP contribution in [0.15, 0.2) is 48.8 Å². The number of fused-ring (bicyclic) bond motifs is 1. The van der Waals surface area contributed by atoms with Gasteiger partial charge in [-0.2, -0.15) is 0 Å². The third kappa shape index (κ3) is 2.32. The van der Waals surface area contributed by atoms with Crippen molar-refractivity contribution in [2.75, 3.05) is 6.54 Å². The quantitative estimate of drug-likeness (QED) is 0.788. The van der Waals surface area contributed by atoms with Crippen LogP contribution in [0.2, 0.25) is 0 Å². The van der Waals surface area contributed by atoms with Crippen molar-refractivity contribution in [3.63, 3.8) is 0 Å². The molecule has 0 aliphatic carbocycles. The Hall–Kier alpha value is -2.13. The van der Waals surface area contributed by atoms with Crippen LogP contribution in [0.25, 0.3) is 11.0 Å². The van der Waals surface area contributed by atoms with E-state index in [9.17, 15) is 0 Å². The van der Waals surface area contributed by atoms with Crippen LogP contribution in [0.1, 0.15) is 16.7 Å². The van der Waals surface area contributed by atoms with E-state index in [2.05, 4.69) is 53.0 Å². The Labute approximate surface area is 119 Å². The fourth-order valence-corrected chi connectivity index (χ4v) is 2.64. The zero-order valence-corrected chi connectivity index (χ0v) is 11.7. The molecule has 0 saturated carbocycles. The second-order valence-corrected chi connectivity index (χ2v) is 5.12. The SMILES string of the molecule is Cc1ccccc1Cn1cc(CCN)c2cccnc21. The van der Waals surface area contributed by atoms with E-state index in [1.54, 1.807) is 0 Å². The summed E-state index contributed by atoms with van der Waals surface area (Å²) in [7, 11) is 0. The van der Waals surface area contributed by atoms with Gasteiger partial charge in [0, 0.05) is 24.3 Å². The lowest BCUT2D eigenvalue weighted by atomic mass is 10.1. The third-order valence-corrected chi connectivity index (χ3v) is 3.73. The Morgan fingerprint density at radius 1 is 1.10 bits per heavy atom. The van der Waals surface area contributed by atoms with Gasteiger partial charge in [0.2, 0.25) is 0 Å². The van der Waals surface area contributed by atoms with Gasteiger partial charge in [0.05, 0.1) is 0 Å². The summed E-state index contributed by atoms with van der Waals surface area (Å²) in [5.74, 6) is 0. The second kappa shape index (κ2) is 5.47. The first-order valence-electron chi connectivity index (χ1n) is 6.97. The molecule has 0 atom stereocenters. The number of nitrogens with two attached hydrogens (primary N) is 1. The standard InChI is InChI=1S/C17H19N3/c1-13-5-2-3-6-14(13)11-20-12-15(8-9-18)16-7-4-10-19-17(16)20/h2-7,10,12H,8-9,11,18H2,1H3. The molecular weight excluding hydrogens is 246 g/mol. The third-order valence-electron chi connectivity index (χ3n) is 3.73. The van der Waals surface area contributed by atoms with Crippen LogP contribution >= 0.6 is 0 Å². The molecule has 0 amide bonds. The van der Waals surface area contributed by atoms with Gasteiger partial charge in [-0.3, -0.25) is 0 Å². The van der Waals surface area contributed by atoms with Crippen LogP contribution in [0.4, 0.5) is 0 Å². The summed E-state index contributed by atoms with van der Waals surface area (Å²) in [5.41, 5.74) is 10.7. The van der Waals surface area contributed by atoms with Crippen molar-refractivity contribution in [1.29, 1.82) is 0 Å². The van der Waals surface area contributed by atoms with E-state index in [0.29, 0.717) is 6.54 Å². The number of benzene rings is 1. The smallest absolute Gasteiger partial charge is 0.140 e. The van der Waals surface area contributed by atoms with Gasteiger partial charge in [-0.15, -0.1) is 0 Å². The van der Waals surface area contributed by atoms with Crippen molar-refractivity contribution in [2.24, 2.45) is 5.73 Å². The van der Waals surface area contributed by atoms with Gasteiger partial charge in [-0.05, 0) is 48.7 Å². The number of aryl methyl sites for hydroxylation is 1. The molecule has 0 bridgehead atoms. The molecular formula is C17H19N3. The molecule has 0 aliphatic rings. The summed E-state index contributed by atoms with van der Waals surface area (Å²) in [6, 6.07) is 12.6. The highest BCUT2D eigenvalue weighted by Crippen LogP contribution is 2.21. The predicted octanol–water partition coefficient (Wildman–Crippen LogP) is 2.89. The van der Waals surface area contributed by atoms with Crippen molar-refractivity contribution in [3.05, 3.63) is 65.5 Å². The van der Waals surface area contributed by atoms with E-state index in [-0.39, 0.29) is 0 Å². The molecule has 3 aromatic rings. The summed E-state index contributed by atoms with van der Waals surface area (Å²) in [6.45, 7) is 3.67. The van der Waals surface area contributed by atoms with Gasteiger partial charge < -0.3 is 10.3 Å². The van der Waals surface area contributed by atoms with Crippen LogP contribution in [0.3, 0.4) is 0 Å². The monoisotopic (exact) mass is 265 g/mol. The first-order valence-corrected chi connectivity index (χ1v) is 6.97. The van der Waals surface area contributed by atoms with Crippen molar-refractivity contribution < 1.29 is 0 Å². The highest BCUT2D eigenvalue weighted by Gasteiger charge is 2.09. The molecule has 20 heavy (non-hydrogen) atoms. The molecule has 2 aromatic heterocycles. The molecule has 0 unspecified atom stereocenters. The van der Waals surface area contributed by atoms with Gasteiger partial charge in [0.1, 0.15) is 5.65 Å². The highest BCUT2D eigenvalue weighted by molar-refractivity contribution is 5.80.